The number of rotatable bonds is 3. The number of phenols is 1. The molecule has 3 N–H and O–H groups in total. The number of aromatic hydroxyl groups is 1. The summed E-state index contributed by atoms with van der Waals surface area (Å²) in [5, 5.41) is 51.0. The SMILES string of the molecule is CN1CC=C2C(C#N)=C(NC(=S)Nc3ccccc3)C(C#N)(C#N)C(c3c(O)ccc4ccccc34)C2C1. The third kappa shape index (κ3) is 4.05. The first-order valence-electron chi connectivity index (χ1n) is 12.1. The molecule has 1 aliphatic carbocycles. The van der Waals surface area contributed by atoms with Crippen molar-refractivity contribution in [2.24, 2.45) is 11.3 Å². The Morgan fingerprint density at radius 3 is 2.42 bits per heavy atom. The van der Waals surface area contributed by atoms with Crippen LogP contribution in [0.1, 0.15) is 11.5 Å². The summed E-state index contributed by atoms with van der Waals surface area (Å²) in [5.74, 6) is -1.17. The zero-order valence-electron chi connectivity index (χ0n) is 20.6. The molecule has 0 saturated carbocycles. The molecule has 0 saturated heterocycles. The molecule has 7 nitrogen and oxygen atoms in total. The van der Waals surface area contributed by atoms with E-state index >= 15 is 0 Å². The summed E-state index contributed by atoms with van der Waals surface area (Å²) in [6, 6.07) is 27.1. The van der Waals surface area contributed by atoms with Crippen molar-refractivity contribution in [3.8, 4) is 24.0 Å². The fourth-order valence-electron chi connectivity index (χ4n) is 5.67. The van der Waals surface area contributed by atoms with Crippen LogP contribution in [0.15, 0.2) is 89.6 Å². The number of benzene rings is 3. The third-order valence-electron chi connectivity index (χ3n) is 7.33. The second kappa shape index (κ2) is 10.00. The van der Waals surface area contributed by atoms with Gasteiger partial charge < -0.3 is 20.6 Å². The lowest BCUT2D eigenvalue weighted by molar-refractivity contribution is 0.234. The van der Waals surface area contributed by atoms with E-state index in [2.05, 4.69) is 33.7 Å². The highest BCUT2D eigenvalue weighted by Gasteiger charge is 2.56. The highest BCUT2D eigenvalue weighted by molar-refractivity contribution is 7.80. The number of likely N-dealkylation sites (N-methyl/N-ethyl adjacent to an activating group) is 1. The first kappa shape index (κ1) is 25.0. The van der Waals surface area contributed by atoms with Gasteiger partial charge in [-0.05, 0) is 53.8 Å². The van der Waals surface area contributed by atoms with Crippen molar-refractivity contribution in [2.75, 3.05) is 25.5 Å². The normalized spacial score (nSPS) is 20.3. The molecule has 0 amide bonds. The number of nitrogens with zero attached hydrogens (tertiary/aromatic N) is 4. The Hall–Kier alpha value is -4.68. The van der Waals surface area contributed by atoms with Crippen molar-refractivity contribution < 1.29 is 5.11 Å². The summed E-state index contributed by atoms with van der Waals surface area (Å²) < 4.78 is 0. The zero-order valence-corrected chi connectivity index (χ0v) is 21.5. The monoisotopic (exact) mass is 516 g/mol. The van der Waals surface area contributed by atoms with Gasteiger partial charge in [0.15, 0.2) is 10.5 Å². The quantitative estimate of drug-likeness (QED) is 0.420. The number of anilines is 1. The van der Waals surface area contributed by atoms with Crippen LogP contribution in [0.5, 0.6) is 5.75 Å². The van der Waals surface area contributed by atoms with Crippen LogP contribution in [0.25, 0.3) is 10.8 Å². The van der Waals surface area contributed by atoms with Crippen LogP contribution in [0.4, 0.5) is 5.69 Å². The van der Waals surface area contributed by atoms with Crippen molar-refractivity contribution in [1.29, 1.82) is 15.8 Å². The second-order valence-corrected chi connectivity index (χ2v) is 9.93. The molecule has 2 atom stereocenters. The molecule has 0 bridgehead atoms. The second-order valence-electron chi connectivity index (χ2n) is 9.52. The largest absolute Gasteiger partial charge is 0.508 e. The molecule has 0 radical (unpaired) electrons. The fourth-order valence-corrected chi connectivity index (χ4v) is 5.89. The van der Waals surface area contributed by atoms with Crippen molar-refractivity contribution >= 4 is 33.8 Å². The van der Waals surface area contributed by atoms with Gasteiger partial charge >= 0.3 is 0 Å². The summed E-state index contributed by atoms with van der Waals surface area (Å²) in [5.41, 5.74) is 0.501. The number of hydrogen-bond donors (Lipinski definition) is 3. The van der Waals surface area contributed by atoms with Gasteiger partial charge in [0.25, 0.3) is 0 Å². The lowest BCUT2D eigenvalue weighted by Crippen LogP contribution is -2.49. The molecule has 0 aromatic heterocycles. The first-order valence-corrected chi connectivity index (χ1v) is 12.5. The topological polar surface area (TPSA) is 119 Å². The fraction of sp³-hybridized carbons (Fsp3) is 0.200. The van der Waals surface area contributed by atoms with Gasteiger partial charge in [0, 0.05) is 36.2 Å². The molecule has 5 rings (SSSR count). The molecular weight excluding hydrogens is 492 g/mol. The number of allylic oxidation sites excluding steroid dienone is 2. The summed E-state index contributed by atoms with van der Waals surface area (Å²) >= 11 is 5.58. The Morgan fingerprint density at radius 2 is 1.71 bits per heavy atom. The van der Waals surface area contributed by atoms with Gasteiger partial charge in [-0.15, -0.1) is 0 Å². The average molecular weight is 517 g/mol. The number of nitrogens with one attached hydrogen (secondary N) is 2. The minimum Gasteiger partial charge on any atom is -0.508 e. The smallest absolute Gasteiger partial charge is 0.192 e. The third-order valence-corrected chi connectivity index (χ3v) is 7.53. The van der Waals surface area contributed by atoms with Gasteiger partial charge in [-0.3, -0.25) is 0 Å². The van der Waals surface area contributed by atoms with Gasteiger partial charge in [0.2, 0.25) is 0 Å². The Labute approximate surface area is 226 Å². The van der Waals surface area contributed by atoms with E-state index in [9.17, 15) is 20.9 Å². The van der Waals surface area contributed by atoms with Crippen molar-refractivity contribution in [3.63, 3.8) is 0 Å². The summed E-state index contributed by atoms with van der Waals surface area (Å²) in [7, 11) is 1.95. The molecule has 186 valence electrons. The van der Waals surface area contributed by atoms with Gasteiger partial charge in [-0.25, -0.2) is 0 Å². The van der Waals surface area contributed by atoms with Crippen LogP contribution < -0.4 is 10.6 Å². The minimum absolute atomic E-state index is 0.000830. The molecule has 3 aromatic rings. The highest BCUT2D eigenvalue weighted by atomic mass is 32.1. The summed E-state index contributed by atoms with van der Waals surface area (Å²) in [4.78, 5) is 2.08. The van der Waals surface area contributed by atoms with Crippen molar-refractivity contribution in [2.45, 2.75) is 5.92 Å². The average Bonchev–Trinajstić information content (AvgIpc) is 2.93. The van der Waals surface area contributed by atoms with E-state index in [1.54, 1.807) is 6.07 Å². The molecule has 0 spiro atoms. The van der Waals surface area contributed by atoms with E-state index in [0.29, 0.717) is 18.7 Å². The van der Waals surface area contributed by atoms with Gasteiger partial charge in [0.05, 0.1) is 23.4 Å². The maximum absolute atomic E-state index is 11.2. The molecular formula is C30H24N6OS. The van der Waals surface area contributed by atoms with Crippen molar-refractivity contribution in [1.82, 2.24) is 10.2 Å². The molecule has 8 heteroatoms. The number of hydrogen-bond acceptors (Lipinski definition) is 6. The van der Waals surface area contributed by atoms with Crippen LogP contribution in [0, 0.1) is 45.3 Å². The van der Waals surface area contributed by atoms with Crippen LogP contribution in [-0.2, 0) is 0 Å². The van der Waals surface area contributed by atoms with E-state index in [1.807, 2.05) is 73.8 Å². The molecule has 3 aromatic carbocycles. The standard InChI is InChI=1S/C30H24N6OS/c1-36-14-13-22-23(15-31)28(35-29(38)34-20-8-3-2-4-9-20)30(17-32,18-33)27(24(22)16-36)26-21-10-6-5-7-19(21)11-12-25(26)37/h2-13,24,27,37H,14,16H2,1H3,(H2,34,35,38). The Morgan fingerprint density at radius 1 is 1.00 bits per heavy atom. The van der Waals surface area contributed by atoms with E-state index < -0.39 is 11.3 Å². The van der Waals surface area contributed by atoms with Crippen molar-refractivity contribution in [3.05, 3.63) is 95.2 Å². The Balaban J connectivity index is 1.76. The van der Waals surface area contributed by atoms with Crippen LogP contribution in [0.3, 0.4) is 0 Å². The summed E-state index contributed by atoms with van der Waals surface area (Å²) in [6.45, 7) is 1.12. The van der Waals surface area contributed by atoms with E-state index in [1.165, 1.54) is 0 Å². The Kier molecular flexibility index (Phi) is 6.57. The van der Waals surface area contributed by atoms with E-state index in [-0.39, 0.29) is 28.0 Å². The van der Waals surface area contributed by atoms with E-state index in [4.69, 9.17) is 12.2 Å². The van der Waals surface area contributed by atoms with Crippen LogP contribution in [-0.4, -0.2) is 35.3 Å². The molecule has 0 fully saturated rings. The van der Waals surface area contributed by atoms with Gasteiger partial charge in [-0.2, -0.15) is 15.8 Å². The predicted octanol–water partition coefficient (Wildman–Crippen LogP) is 4.93. The number of para-hydroxylation sites is 1. The Bertz CT molecular complexity index is 1610. The number of fused-ring (bicyclic) bond motifs is 2. The van der Waals surface area contributed by atoms with E-state index in [0.717, 1.165) is 22.0 Å². The number of phenolic OH excluding ortho intramolecular Hbond substituents is 1. The maximum Gasteiger partial charge on any atom is 0.192 e. The minimum atomic E-state index is -1.84. The molecule has 2 aliphatic rings. The number of nitriles is 3. The van der Waals surface area contributed by atoms with Crippen LogP contribution >= 0.6 is 12.2 Å². The highest BCUT2D eigenvalue weighted by Crippen LogP contribution is 2.57. The molecule has 2 unspecified atom stereocenters. The van der Waals surface area contributed by atoms with Crippen LogP contribution in [0.2, 0.25) is 0 Å². The molecule has 1 aliphatic heterocycles. The first-order chi connectivity index (χ1) is 18.4. The zero-order chi connectivity index (χ0) is 26.9. The predicted molar refractivity (Wildman–Crippen MR) is 150 cm³/mol. The molecule has 1 heterocycles. The maximum atomic E-state index is 11.2. The lowest BCUT2D eigenvalue weighted by Gasteiger charge is -2.46. The number of thiocarbonyl (C=S) groups is 1. The van der Waals surface area contributed by atoms with Gasteiger partial charge in [-0.1, -0.05) is 54.6 Å². The summed E-state index contributed by atoms with van der Waals surface area (Å²) in [6.07, 6.45) is 1.97. The van der Waals surface area contributed by atoms with Gasteiger partial charge in [0.1, 0.15) is 11.8 Å². The lowest BCUT2D eigenvalue weighted by atomic mass is 9.57. The molecule has 38 heavy (non-hydrogen) atoms.